The van der Waals surface area contributed by atoms with Crippen LogP contribution in [0.4, 0.5) is 21.7 Å². The number of aryl methyl sites for hydroxylation is 1. The summed E-state index contributed by atoms with van der Waals surface area (Å²) < 4.78 is 18.1. The number of carbonyl (C=O) groups is 1. The molecule has 1 aliphatic carbocycles. The van der Waals surface area contributed by atoms with Crippen LogP contribution >= 0.6 is 0 Å². The Morgan fingerprint density at radius 2 is 1.83 bits per heavy atom. The number of rotatable bonds is 10. The third kappa shape index (κ3) is 7.09. The molecule has 2 atom stereocenters. The van der Waals surface area contributed by atoms with Crippen molar-refractivity contribution in [1.29, 1.82) is 0 Å². The van der Waals surface area contributed by atoms with E-state index in [1.165, 1.54) is 22.0 Å². The molecule has 0 bridgehead atoms. The number of anilines is 3. The highest BCUT2D eigenvalue weighted by molar-refractivity contribution is 6.15. The number of hydrogen-bond acceptors (Lipinski definition) is 9. The summed E-state index contributed by atoms with van der Waals surface area (Å²) in [5.74, 6) is 0.125. The molecule has 4 aromatic heterocycles. The van der Waals surface area contributed by atoms with Gasteiger partial charge in [0.2, 0.25) is 11.9 Å². The first-order valence-electron chi connectivity index (χ1n) is 20.5. The lowest BCUT2D eigenvalue weighted by Gasteiger charge is -2.36. The topological polar surface area (TPSA) is 149 Å². The number of carbonyl (C=O) groups excluding carboxylic acids is 1. The van der Waals surface area contributed by atoms with Crippen molar-refractivity contribution < 1.29 is 14.3 Å². The molecule has 0 saturated carbocycles. The molecule has 1 amide bonds. The highest BCUT2D eigenvalue weighted by atomic mass is 19.1. The van der Waals surface area contributed by atoms with E-state index in [2.05, 4.69) is 79.2 Å². The summed E-state index contributed by atoms with van der Waals surface area (Å²) in [6.45, 7) is 16.3. The SMILES string of the molecule is C=CCn1c(=O)c2cnc(Nc3ccc(N4CCN(Cc5ccc(-c6[nH]c7c8c6CCNC(=O)C=8C(C)C(F)C=7)cc5C)CC4)cc3)nc2n1-c1cccc(C(C)(C)O)n1. The normalized spacial score (nSPS) is 18.2. The lowest BCUT2D eigenvalue weighted by Crippen LogP contribution is -2.46. The quantitative estimate of drug-likeness (QED) is 0.148. The number of benzene rings is 2. The van der Waals surface area contributed by atoms with Gasteiger partial charge >= 0.3 is 0 Å². The molecule has 1 saturated heterocycles. The number of alkyl halides is 1. The number of aromatic amines is 1. The van der Waals surface area contributed by atoms with E-state index in [1.807, 2.05) is 12.1 Å². The monoisotopic (exact) mass is 808 g/mol. The molecule has 0 radical (unpaired) electrons. The molecule has 3 aliphatic rings. The summed E-state index contributed by atoms with van der Waals surface area (Å²) in [6.07, 6.45) is 4.28. The summed E-state index contributed by atoms with van der Waals surface area (Å²) in [6, 6.07) is 20.1. The van der Waals surface area contributed by atoms with Crippen LogP contribution in [0.1, 0.15) is 43.2 Å². The third-order valence-corrected chi connectivity index (χ3v) is 12.0. The fourth-order valence-electron chi connectivity index (χ4n) is 8.71. The maximum Gasteiger partial charge on any atom is 0.278 e. The van der Waals surface area contributed by atoms with Crippen LogP contribution in [-0.4, -0.2) is 84.1 Å². The molecule has 6 aromatic rings. The van der Waals surface area contributed by atoms with Gasteiger partial charge in [-0.15, -0.1) is 6.58 Å². The van der Waals surface area contributed by atoms with Gasteiger partial charge in [0.25, 0.3) is 5.56 Å². The number of aliphatic hydroxyl groups is 1. The molecule has 2 unspecified atom stereocenters. The van der Waals surface area contributed by atoms with Crippen molar-refractivity contribution in [3.05, 3.63) is 123 Å². The molecule has 14 heteroatoms. The van der Waals surface area contributed by atoms with Crippen molar-refractivity contribution in [2.45, 2.75) is 59.0 Å². The number of pyridine rings is 1. The van der Waals surface area contributed by atoms with Gasteiger partial charge in [0.15, 0.2) is 11.5 Å². The van der Waals surface area contributed by atoms with Crippen LogP contribution in [-0.2, 0) is 29.9 Å². The van der Waals surface area contributed by atoms with Gasteiger partial charge in [-0.3, -0.25) is 14.5 Å². The zero-order valence-corrected chi connectivity index (χ0v) is 34.3. The second kappa shape index (κ2) is 15.3. The molecule has 9 rings (SSSR count). The number of fused-ring (bicyclic) bond motifs is 1. The van der Waals surface area contributed by atoms with E-state index in [-0.39, 0.29) is 18.0 Å². The standard InChI is InChI=1S/C46H49FN10O3/c1-6-18-56-44(59)34-25-49-45(53-42(34)57(56)38-9-7-8-37(52-38)46(4,5)60)50-31-12-14-32(15-13-31)55-21-19-54(20-22-55)26-30-11-10-29(23-27(30)2)41-33-16-17-48-43(58)39-28(3)35(47)24-36(51-41)40(33)39/h6-15,23-25,28,35,51,60H,1,16-22,26H2,2-5H3,(H,48,58)(H,49,50,53). The Morgan fingerprint density at radius 1 is 1.05 bits per heavy atom. The smallest absolute Gasteiger partial charge is 0.278 e. The first-order chi connectivity index (χ1) is 28.9. The minimum Gasteiger partial charge on any atom is -0.384 e. The Balaban J connectivity index is 0.867. The highest BCUT2D eigenvalue weighted by Crippen LogP contribution is 2.29. The van der Waals surface area contributed by atoms with Gasteiger partial charge in [0.05, 0.1) is 12.2 Å². The Bertz CT molecular complexity index is 2840. The van der Waals surface area contributed by atoms with Gasteiger partial charge in [-0.2, -0.15) is 4.98 Å². The van der Waals surface area contributed by atoms with Crippen molar-refractivity contribution in [2.24, 2.45) is 5.92 Å². The van der Waals surface area contributed by atoms with E-state index in [9.17, 15) is 19.1 Å². The van der Waals surface area contributed by atoms with Crippen LogP contribution in [0, 0.1) is 12.8 Å². The van der Waals surface area contributed by atoms with Crippen molar-refractivity contribution in [2.75, 3.05) is 42.9 Å². The number of piperazine rings is 1. The number of H-pyrrole nitrogens is 1. The number of allylic oxidation sites excluding steroid dienone is 1. The van der Waals surface area contributed by atoms with Gasteiger partial charge in [-0.05, 0) is 98.0 Å². The average Bonchev–Trinajstić information content (AvgIpc) is 3.65. The lowest BCUT2D eigenvalue weighted by atomic mass is 9.88. The molecule has 1 fully saturated rings. The summed E-state index contributed by atoms with van der Waals surface area (Å²) in [5, 5.41) is 18.8. The Morgan fingerprint density at radius 3 is 2.57 bits per heavy atom. The first kappa shape index (κ1) is 39.1. The van der Waals surface area contributed by atoms with E-state index in [4.69, 9.17) is 4.98 Å². The predicted molar refractivity (Wildman–Crippen MR) is 232 cm³/mol. The van der Waals surface area contributed by atoms with Crippen molar-refractivity contribution in [3.63, 3.8) is 0 Å². The van der Waals surface area contributed by atoms with E-state index >= 15 is 0 Å². The second-order valence-corrected chi connectivity index (χ2v) is 16.5. The van der Waals surface area contributed by atoms with E-state index in [1.54, 1.807) is 55.8 Å². The zero-order valence-electron chi connectivity index (χ0n) is 34.3. The van der Waals surface area contributed by atoms with E-state index < -0.39 is 17.7 Å². The molecule has 2 aromatic carbocycles. The van der Waals surface area contributed by atoms with Gasteiger partial charge in [-0.25, -0.2) is 23.7 Å². The molecular formula is C46H49FN10O3. The molecule has 13 nitrogen and oxygen atoms in total. The Labute approximate surface area is 346 Å². The molecule has 0 spiro atoms. The van der Waals surface area contributed by atoms with E-state index in [0.717, 1.165) is 66.1 Å². The number of nitrogens with zero attached hydrogens (tertiary/aromatic N) is 7. The maximum absolute atomic E-state index is 15.0. The van der Waals surface area contributed by atoms with Crippen LogP contribution in [0.25, 0.3) is 39.8 Å². The third-order valence-electron chi connectivity index (χ3n) is 12.0. The first-order valence-corrected chi connectivity index (χ1v) is 20.5. The van der Waals surface area contributed by atoms with Gasteiger partial charge in [0, 0.05) is 84.6 Å². The number of nitrogens with one attached hydrogen (secondary N) is 3. The Hall–Kier alpha value is -6.38. The van der Waals surface area contributed by atoms with Crippen LogP contribution in [0.15, 0.2) is 84.3 Å². The van der Waals surface area contributed by atoms with Crippen molar-refractivity contribution >= 4 is 45.9 Å². The number of halogens is 1. The number of amides is 1. The van der Waals surface area contributed by atoms with Crippen molar-refractivity contribution in [1.82, 2.24) is 39.5 Å². The zero-order chi connectivity index (χ0) is 41.9. The molecule has 6 heterocycles. The van der Waals surface area contributed by atoms with Gasteiger partial charge in [-0.1, -0.05) is 31.2 Å². The van der Waals surface area contributed by atoms with Crippen molar-refractivity contribution in [3.8, 4) is 17.1 Å². The minimum absolute atomic E-state index is 0.166. The average molecular weight is 809 g/mol. The fraction of sp³-hybridized carbons (Fsp3) is 0.326. The summed E-state index contributed by atoms with van der Waals surface area (Å²) in [5.41, 5.74) is 7.47. The molecule has 4 N–H and O–H groups in total. The molecule has 60 heavy (non-hydrogen) atoms. The second-order valence-electron chi connectivity index (χ2n) is 16.5. The maximum atomic E-state index is 15.0. The van der Waals surface area contributed by atoms with Crippen LogP contribution in [0.3, 0.4) is 0 Å². The number of aromatic nitrogens is 6. The molecular weight excluding hydrogens is 760 g/mol. The van der Waals surface area contributed by atoms with Crippen LogP contribution in [0.2, 0.25) is 0 Å². The predicted octanol–water partition coefficient (Wildman–Crippen LogP) is 4.35. The van der Waals surface area contributed by atoms with Crippen LogP contribution < -0.4 is 31.7 Å². The summed E-state index contributed by atoms with van der Waals surface area (Å²) in [7, 11) is 0. The van der Waals surface area contributed by atoms with Gasteiger partial charge in [0.1, 0.15) is 17.2 Å². The summed E-state index contributed by atoms with van der Waals surface area (Å²) >= 11 is 0. The molecule has 2 aliphatic heterocycles. The Kier molecular flexibility index (Phi) is 9.99. The van der Waals surface area contributed by atoms with Crippen LogP contribution in [0.5, 0.6) is 0 Å². The molecule has 308 valence electrons. The lowest BCUT2D eigenvalue weighted by molar-refractivity contribution is -0.116. The minimum atomic E-state index is -1.21. The van der Waals surface area contributed by atoms with E-state index in [0.29, 0.717) is 52.4 Å². The number of hydrogen-bond donors (Lipinski definition) is 4. The largest absolute Gasteiger partial charge is 0.384 e. The summed E-state index contributed by atoms with van der Waals surface area (Å²) in [4.78, 5) is 48.6. The highest BCUT2D eigenvalue weighted by Gasteiger charge is 2.32. The fourth-order valence-corrected chi connectivity index (χ4v) is 8.71. The van der Waals surface area contributed by atoms with Gasteiger partial charge < -0.3 is 25.6 Å².